The Balaban J connectivity index is 1.33. The fraction of sp³-hybridized carbons (Fsp3) is 0.240. The Hall–Kier alpha value is -3.52. The number of nitrogens with one attached hydrogen (secondary N) is 1. The van der Waals surface area contributed by atoms with E-state index in [9.17, 15) is 4.79 Å². The maximum Gasteiger partial charge on any atom is 0.230 e. The number of nitrogens with zero attached hydrogens (tertiary/aromatic N) is 3. The Morgan fingerprint density at radius 1 is 1.06 bits per heavy atom. The summed E-state index contributed by atoms with van der Waals surface area (Å²) in [6, 6.07) is 19.8. The minimum absolute atomic E-state index is 0.0853. The zero-order valence-corrected chi connectivity index (χ0v) is 19.5. The average Bonchev–Trinajstić information content (AvgIpc) is 3.45. The Bertz CT molecular complexity index is 1170. The molecule has 0 saturated heterocycles. The highest BCUT2D eigenvalue weighted by Crippen LogP contribution is 2.25. The van der Waals surface area contributed by atoms with E-state index >= 15 is 0 Å². The third-order valence-electron chi connectivity index (χ3n) is 4.86. The van der Waals surface area contributed by atoms with Gasteiger partial charge in [0.05, 0.1) is 25.1 Å². The second kappa shape index (κ2) is 10.9. The summed E-state index contributed by atoms with van der Waals surface area (Å²) in [5, 5.41) is 12.2. The zero-order chi connectivity index (χ0) is 23.0. The summed E-state index contributed by atoms with van der Waals surface area (Å²) in [5.74, 6) is 2.23. The molecule has 7 nitrogen and oxygen atoms in total. The zero-order valence-electron chi connectivity index (χ0n) is 18.7. The summed E-state index contributed by atoms with van der Waals surface area (Å²) < 4.78 is 13.2. The molecule has 0 aliphatic heterocycles. The fourth-order valence-electron chi connectivity index (χ4n) is 3.45. The smallest absolute Gasteiger partial charge is 0.230 e. The van der Waals surface area contributed by atoms with E-state index in [1.54, 1.807) is 6.26 Å². The monoisotopic (exact) mass is 462 g/mol. The molecular formula is C25H26N4O3S. The topological polar surface area (TPSA) is 82.2 Å². The second-order valence-corrected chi connectivity index (χ2v) is 8.61. The van der Waals surface area contributed by atoms with Crippen LogP contribution in [0, 0.1) is 13.8 Å². The van der Waals surface area contributed by atoms with E-state index in [2.05, 4.69) is 21.6 Å². The Labute approximate surface area is 197 Å². The van der Waals surface area contributed by atoms with E-state index in [1.807, 2.05) is 73.0 Å². The van der Waals surface area contributed by atoms with Gasteiger partial charge in [-0.15, -0.1) is 10.2 Å². The molecule has 0 saturated carbocycles. The summed E-state index contributed by atoms with van der Waals surface area (Å²) in [4.78, 5) is 12.4. The lowest BCUT2D eigenvalue weighted by Crippen LogP contribution is -2.29. The van der Waals surface area contributed by atoms with Gasteiger partial charge in [-0.1, -0.05) is 48.2 Å². The van der Waals surface area contributed by atoms with Crippen molar-refractivity contribution in [2.75, 3.05) is 18.9 Å². The van der Waals surface area contributed by atoms with Crippen LogP contribution in [0.1, 0.15) is 16.7 Å². The molecule has 2 heterocycles. The molecule has 0 atom stereocenters. The van der Waals surface area contributed by atoms with Crippen LogP contribution in [0.5, 0.6) is 5.75 Å². The Kier molecular flexibility index (Phi) is 7.47. The van der Waals surface area contributed by atoms with Crippen LogP contribution in [0.2, 0.25) is 0 Å². The molecule has 0 bridgehead atoms. The number of furan rings is 1. The molecule has 0 unspecified atom stereocenters. The molecule has 4 aromatic rings. The molecule has 170 valence electrons. The number of amides is 1. The molecule has 8 heteroatoms. The van der Waals surface area contributed by atoms with Crippen molar-refractivity contribution < 1.29 is 13.9 Å². The molecule has 0 spiro atoms. The number of hydrogen-bond acceptors (Lipinski definition) is 6. The van der Waals surface area contributed by atoms with Gasteiger partial charge in [-0.3, -0.25) is 9.36 Å². The molecule has 4 rings (SSSR count). The molecule has 0 aliphatic carbocycles. The van der Waals surface area contributed by atoms with E-state index in [-0.39, 0.29) is 11.7 Å². The number of thioether (sulfide) groups is 1. The molecule has 1 amide bonds. The maximum atomic E-state index is 12.4. The van der Waals surface area contributed by atoms with E-state index < -0.39 is 0 Å². The van der Waals surface area contributed by atoms with Crippen LogP contribution in [0.15, 0.2) is 76.5 Å². The number of benzene rings is 2. The Morgan fingerprint density at radius 2 is 1.85 bits per heavy atom. The predicted octanol–water partition coefficient (Wildman–Crippen LogP) is 4.49. The Morgan fingerprint density at radius 3 is 2.58 bits per heavy atom. The minimum atomic E-state index is -0.0853. The summed E-state index contributed by atoms with van der Waals surface area (Å²) >= 11 is 1.35. The average molecular weight is 463 g/mol. The predicted molar refractivity (Wildman–Crippen MR) is 128 cm³/mol. The molecule has 2 aromatic heterocycles. The van der Waals surface area contributed by atoms with Gasteiger partial charge in [0.25, 0.3) is 0 Å². The van der Waals surface area contributed by atoms with E-state index in [0.29, 0.717) is 36.4 Å². The van der Waals surface area contributed by atoms with Gasteiger partial charge < -0.3 is 14.5 Å². The number of rotatable bonds is 10. The quantitative estimate of drug-likeness (QED) is 0.276. The van der Waals surface area contributed by atoms with Gasteiger partial charge >= 0.3 is 0 Å². The van der Waals surface area contributed by atoms with Crippen molar-refractivity contribution in [3.8, 4) is 17.3 Å². The van der Waals surface area contributed by atoms with Crippen LogP contribution in [0.25, 0.3) is 11.6 Å². The first-order valence-corrected chi connectivity index (χ1v) is 11.7. The largest absolute Gasteiger partial charge is 0.492 e. The van der Waals surface area contributed by atoms with Crippen molar-refractivity contribution in [3.63, 3.8) is 0 Å². The lowest BCUT2D eigenvalue weighted by Gasteiger charge is -2.10. The third-order valence-corrected chi connectivity index (χ3v) is 5.83. The highest BCUT2D eigenvalue weighted by molar-refractivity contribution is 7.99. The fourth-order valence-corrected chi connectivity index (χ4v) is 4.22. The van der Waals surface area contributed by atoms with Crippen molar-refractivity contribution >= 4 is 17.7 Å². The van der Waals surface area contributed by atoms with Gasteiger partial charge in [0, 0.05) is 0 Å². The van der Waals surface area contributed by atoms with Gasteiger partial charge in [-0.05, 0) is 54.8 Å². The SMILES string of the molecule is Cc1cc(C)cc(OCCNC(=O)CSc2nnc(-c3ccco3)n2Cc2ccccc2)c1. The normalized spacial score (nSPS) is 10.8. The van der Waals surface area contributed by atoms with E-state index in [4.69, 9.17) is 9.15 Å². The molecule has 33 heavy (non-hydrogen) atoms. The first-order chi connectivity index (χ1) is 16.1. The maximum absolute atomic E-state index is 12.4. The van der Waals surface area contributed by atoms with Crippen LogP contribution in [-0.2, 0) is 11.3 Å². The van der Waals surface area contributed by atoms with Crippen LogP contribution in [0.3, 0.4) is 0 Å². The first-order valence-electron chi connectivity index (χ1n) is 10.7. The summed E-state index contributed by atoms with van der Waals surface area (Å²) in [7, 11) is 0. The van der Waals surface area contributed by atoms with Crippen LogP contribution >= 0.6 is 11.8 Å². The summed E-state index contributed by atoms with van der Waals surface area (Å²) in [6.07, 6.45) is 1.61. The van der Waals surface area contributed by atoms with Crippen LogP contribution in [-0.4, -0.2) is 39.6 Å². The molecule has 0 fully saturated rings. The van der Waals surface area contributed by atoms with Gasteiger partial charge in [-0.25, -0.2) is 0 Å². The molecule has 2 aromatic carbocycles. The highest BCUT2D eigenvalue weighted by atomic mass is 32.2. The summed E-state index contributed by atoms with van der Waals surface area (Å²) in [5.41, 5.74) is 3.41. The number of ether oxygens (including phenoxy) is 1. The number of carbonyl (C=O) groups is 1. The standard InChI is InChI=1S/C25H26N4O3S/c1-18-13-19(2)15-21(14-18)31-12-10-26-23(30)17-33-25-28-27-24(22-9-6-11-32-22)29(25)16-20-7-4-3-5-8-20/h3-9,11,13-15H,10,12,16-17H2,1-2H3,(H,26,30). The lowest BCUT2D eigenvalue weighted by atomic mass is 10.1. The van der Waals surface area contributed by atoms with E-state index in [0.717, 1.165) is 22.4 Å². The van der Waals surface area contributed by atoms with Gasteiger partial charge in [0.15, 0.2) is 10.9 Å². The molecule has 0 radical (unpaired) electrons. The molecule has 0 aliphatic rings. The minimum Gasteiger partial charge on any atom is -0.492 e. The number of carbonyl (C=O) groups excluding carboxylic acids is 1. The first kappa shape index (κ1) is 22.7. The lowest BCUT2D eigenvalue weighted by molar-refractivity contribution is -0.118. The number of hydrogen-bond donors (Lipinski definition) is 1. The van der Waals surface area contributed by atoms with Gasteiger partial charge in [0.1, 0.15) is 12.4 Å². The van der Waals surface area contributed by atoms with Crippen LogP contribution < -0.4 is 10.1 Å². The van der Waals surface area contributed by atoms with Gasteiger partial charge in [-0.2, -0.15) is 0 Å². The van der Waals surface area contributed by atoms with E-state index in [1.165, 1.54) is 11.8 Å². The van der Waals surface area contributed by atoms with Crippen molar-refractivity contribution in [3.05, 3.63) is 83.6 Å². The molecule has 1 N–H and O–H groups in total. The second-order valence-electron chi connectivity index (χ2n) is 7.67. The number of aryl methyl sites for hydroxylation is 2. The van der Waals surface area contributed by atoms with Gasteiger partial charge in [0.2, 0.25) is 11.7 Å². The van der Waals surface area contributed by atoms with Crippen molar-refractivity contribution in [2.24, 2.45) is 0 Å². The highest BCUT2D eigenvalue weighted by Gasteiger charge is 2.17. The van der Waals surface area contributed by atoms with Crippen molar-refractivity contribution in [1.29, 1.82) is 0 Å². The van der Waals surface area contributed by atoms with Crippen LogP contribution in [0.4, 0.5) is 0 Å². The van der Waals surface area contributed by atoms with Crippen molar-refractivity contribution in [2.45, 2.75) is 25.5 Å². The van der Waals surface area contributed by atoms with Crippen molar-refractivity contribution in [1.82, 2.24) is 20.1 Å². The number of aromatic nitrogens is 3. The molecular weight excluding hydrogens is 436 g/mol. The third kappa shape index (κ3) is 6.26. The summed E-state index contributed by atoms with van der Waals surface area (Å²) in [6.45, 7) is 5.49.